The first-order chi connectivity index (χ1) is 11.0. The SMILES string of the molecule is CC(C)CNC(=O)c1ccccc1NC(=O)c1ccc(Cl)cc1. The van der Waals surface area contributed by atoms with Gasteiger partial charge in [0.15, 0.2) is 0 Å². The summed E-state index contributed by atoms with van der Waals surface area (Å²) in [5.74, 6) is -0.133. The van der Waals surface area contributed by atoms with Crippen LogP contribution in [0.1, 0.15) is 34.6 Å². The van der Waals surface area contributed by atoms with E-state index in [0.717, 1.165) is 0 Å². The molecule has 0 radical (unpaired) electrons. The van der Waals surface area contributed by atoms with E-state index in [1.165, 1.54) is 0 Å². The first-order valence-electron chi connectivity index (χ1n) is 7.41. The molecule has 120 valence electrons. The van der Waals surface area contributed by atoms with Crippen molar-refractivity contribution in [3.05, 3.63) is 64.7 Å². The maximum absolute atomic E-state index is 12.3. The highest BCUT2D eigenvalue weighted by Gasteiger charge is 2.14. The second-order valence-corrected chi connectivity index (χ2v) is 6.05. The fourth-order valence-electron chi connectivity index (χ4n) is 1.98. The molecule has 0 fully saturated rings. The normalized spacial score (nSPS) is 10.4. The number of anilines is 1. The number of carbonyl (C=O) groups excluding carboxylic acids is 2. The molecule has 0 aliphatic heterocycles. The Morgan fingerprint density at radius 2 is 1.65 bits per heavy atom. The molecule has 0 unspecified atom stereocenters. The highest BCUT2D eigenvalue weighted by atomic mass is 35.5. The molecule has 4 nitrogen and oxygen atoms in total. The number of benzene rings is 2. The van der Waals surface area contributed by atoms with Crippen molar-refractivity contribution in [1.29, 1.82) is 0 Å². The lowest BCUT2D eigenvalue weighted by molar-refractivity contribution is 0.0950. The van der Waals surface area contributed by atoms with Gasteiger partial charge in [0, 0.05) is 17.1 Å². The van der Waals surface area contributed by atoms with Crippen molar-refractivity contribution in [2.75, 3.05) is 11.9 Å². The lowest BCUT2D eigenvalue weighted by Gasteiger charge is -2.12. The maximum atomic E-state index is 12.3. The van der Waals surface area contributed by atoms with Gasteiger partial charge in [-0.3, -0.25) is 9.59 Å². The van der Waals surface area contributed by atoms with Crippen LogP contribution >= 0.6 is 11.6 Å². The zero-order chi connectivity index (χ0) is 16.8. The molecule has 0 heterocycles. The number of hydrogen-bond acceptors (Lipinski definition) is 2. The third-order valence-corrected chi connectivity index (χ3v) is 3.45. The molecule has 0 spiro atoms. The summed E-state index contributed by atoms with van der Waals surface area (Å²) in [6, 6.07) is 13.5. The molecule has 0 saturated carbocycles. The monoisotopic (exact) mass is 330 g/mol. The number of hydrogen-bond donors (Lipinski definition) is 2. The third-order valence-electron chi connectivity index (χ3n) is 3.20. The molecule has 5 heteroatoms. The lowest BCUT2D eigenvalue weighted by atomic mass is 10.1. The van der Waals surface area contributed by atoms with E-state index in [1.54, 1.807) is 48.5 Å². The minimum atomic E-state index is -0.286. The number of para-hydroxylation sites is 1. The van der Waals surface area contributed by atoms with E-state index in [-0.39, 0.29) is 11.8 Å². The van der Waals surface area contributed by atoms with Gasteiger partial charge < -0.3 is 10.6 Å². The lowest BCUT2D eigenvalue weighted by Crippen LogP contribution is -2.28. The van der Waals surface area contributed by atoms with Gasteiger partial charge in [0.25, 0.3) is 11.8 Å². The van der Waals surface area contributed by atoms with Gasteiger partial charge in [0.1, 0.15) is 0 Å². The Morgan fingerprint density at radius 3 is 2.30 bits per heavy atom. The van der Waals surface area contributed by atoms with Crippen LogP contribution in [0.3, 0.4) is 0 Å². The largest absolute Gasteiger partial charge is 0.352 e. The zero-order valence-corrected chi connectivity index (χ0v) is 13.9. The van der Waals surface area contributed by atoms with Crippen LogP contribution < -0.4 is 10.6 Å². The van der Waals surface area contributed by atoms with Gasteiger partial charge in [-0.1, -0.05) is 37.6 Å². The van der Waals surface area contributed by atoms with Crippen LogP contribution in [0.2, 0.25) is 5.02 Å². The van der Waals surface area contributed by atoms with Crippen LogP contribution in [-0.4, -0.2) is 18.4 Å². The molecule has 0 bridgehead atoms. The van der Waals surface area contributed by atoms with Crippen LogP contribution in [0.4, 0.5) is 5.69 Å². The molecule has 2 aromatic carbocycles. The summed E-state index contributed by atoms with van der Waals surface area (Å²) in [6.45, 7) is 4.63. The average Bonchev–Trinajstić information content (AvgIpc) is 2.53. The number of nitrogens with one attached hydrogen (secondary N) is 2. The minimum Gasteiger partial charge on any atom is -0.352 e. The summed E-state index contributed by atoms with van der Waals surface area (Å²) in [7, 11) is 0. The van der Waals surface area contributed by atoms with Crippen molar-refractivity contribution >= 4 is 29.1 Å². The van der Waals surface area contributed by atoms with Crippen molar-refractivity contribution in [1.82, 2.24) is 5.32 Å². The van der Waals surface area contributed by atoms with Crippen LogP contribution in [0.5, 0.6) is 0 Å². The fraction of sp³-hybridized carbons (Fsp3) is 0.222. The maximum Gasteiger partial charge on any atom is 0.255 e. The summed E-state index contributed by atoms with van der Waals surface area (Å²) >= 11 is 5.82. The quantitative estimate of drug-likeness (QED) is 0.871. The minimum absolute atomic E-state index is 0.203. The second-order valence-electron chi connectivity index (χ2n) is 5.61. The van der Waals surface area contributed by atoms with E-state index in [1.807, 2.05) is 13.8 Å². The van der Waals surface area contributed by atoms with E-state index in [4.69, 9.17) is 11.6 Å². The Kier molecular flexibility index (Phi) is 5.77. The van der Waals surface area contributed by atoms with Crippen LogP contribution in [0.15, 0.2) is 48.5 Å². The molecule has 2 N–H and O–H groups in total. The number of carbonyl (C=O) groups is 2. The third kappa shape index (κ3) is 4.83. The van der Waals surface area contributed by atoms with Crippen molar-refractivity contribution in [2.45, 2.75) is 13.8 Å². The van der Waals surface area contributed by atoms with Crippen molar-refractivity contribution in [2.24, 2.45) is 5.92 Å². The van der Waals surface area contributed by atoms with Crippen LogP contribution in [0, 0.1) is 5.92 Å². The Bertz CT molecular complexity index is 696. The molecule has 0 saturated heterocycles. The van der Waals surface area contributed by atoms with E-state index < -0.39 is 0 Å². The number of rotatable bonds is 5. The summed E-state index contributed by atoms with van der Waals surface area (Å²) in [4.78, 5) is 24.5. The zero-order valence-electron chi connectivity index (χ0n) is 13.1. The molecule has 0 aromatic heterocycles. The first kappa shape index (κ1) is 17.0. The Morgan fingerprint density at radius 1 is 1.00 bits per heavy atom. The van der Waals surface area contributed by atoms with Gasteiger partial charge >= 0.3 is 0 Å². The predicted molar refractivity (Wildman–Crippen MR) is 93.0 cm³/mol. The highest BCUT2D eigenvalue weighted by Crippen LogP contribution is 2.17. The van der Waals surface area contributed by atoms with E-state index in [2.05, 4.69) is 10.6 Å². The summed E-state index contributed by atoms with van der Waals surface area (Å²) in [5.41, 5.74) is 1.40. The molecule has 2 rings (SSSR count). The molecule has 0 aliphatic rings. The topological polar surface area (TPSA) is 58.2 Å². The second kappa shape index (κ2) is 7.79. The summed E-state index contributed by atoms with van der Waals surface area (Å²) < 4.78 is 0. The van der Waals surface area contributed by atoms with Gasteiger partial charge in [-0.25, -0.2) is 0 Å². The average molecular weight is 331 g/mol. The molecule has 0 aliphatic carbocycles. The number of halogens is 1. The van der Waals surface area contributed by atoms with Gasteiger partial charge in [-0.15, -0.1) is 0 Å². The Hall–Kier alpha value is -2.33. The van der Waals surface area contributed by atoms with Gasteiger partial charge in [-0.05, 0) is 42.3 Å². The van der Waals surface area contributed by atoms with Crippen molar-refractivity contribution in [3.8, 4) is 0 Å². The van der Waals surface area contributed by atoms with Crippen LogP contribution in [-0.2, 0) is 0 Å². The first-order valence-corrected chi connectivity index (χ1v) is 7.79. The van der Waals surface area contributed by atoms with E-state index >= 15 is 0 Å². The van der Waals surface area contributed by atoms with Gasteiger partial charge in [-0.2, -0.15) is 0 Å². The van der Waals surface area contributed by atoms with Crippen molar-refractivity contribution in [3.63, 3.8) is 0 Å². The Balaban J connectivity index is 2.15. The Labute approximate surface area is 140 Å². The molecular weight excluding hydrogens is 312 g/mol. The van der Waals surface area contributed by atoms with E-state index in [9.17, 15) is 9.59 Å². The molecule has 2 amide bonds. The highest BCUT2D eigenvalue weighted by molar-refractivity contribution is 6.30. The number of amides is 2. The summed E-state index contributed by atoms with van der Waals surface area (Å²) in [6.07, 6.45) is 0. The molecule has 2 aromatic rings. The van der Waals surface area contributed by atoms with Gasteiger partial charge in [0.2, 0.25) is 0 Å². The summed E-state index contributed by atoms with van der Waals surface area (Å²) in [5, 5.41) is 6.19. The smallest absolute Gasteiger partial charge is 0.255 e. The molecule has 0 atom stereocenters. The van der Waals surface area contributed by atoms with Gasteiger partial charge in [0.05, 0.1) is 11.3 Å². The standard InChI is InChI=1S/C18H19ClN2O2/c1-12(2)11-20-18(23)15-5-3-4-6-16(15)21-17(22)13-7-9-14(19)10-8-13/h3-10,12H,11H2,1-2H3,(H,20,23)(H,21,22). The van der Waals surface area contributed by atoms with Crippen LogP contribution in [0.25, 0.3) is 0 Å². The van der Waals surface area contributed by atoms with E-state index in [0.29, 0.717) is 34.3 Å². The van der Waals surface area contributed by atoms with Crippen molar-refractivity contribution < 1.29 is 9.59 Å². The fourth-order valence-corrected chi connectivity index (χ4v) is 2.10. The predicted octanol–water partition coefficient (Wildman–Crippen LogP) is 3.98. The molecular formula is C18H19ClN2O2. The molecule has 23 heavy (non-hydrogen) atoms.